The number of rotatable bonds is 7. The first-order valence-corrected chi connectivity index (χ1v) is 9.53. The molecule has 1 heterocycles. The predicted octanol–water partition coefficient (Wildman–Crippen LogP) is 4.52. The molecule has 0 aliphatic rings. The topological polar surface area (TPSA) is 98.5 Å². The minimum absolute atomic E-state index is 0.174. The van der Waals surface area contributed by atoms with Crippen LogP contribution >= 0.6 is 11.3 Å². The van der Waals surface area contributed by atoms with Crippen LogP contribution in [-0.4, -0.2) is 23.4 Å². The standard InChI is InChI=1S/C21H15FN2O5S/c22-15-8-6-14(7-9-15)11-18(19-5-2-10-30-19)21(26)29-13-20(25)23-16-3-1-4-17(12-16)24(27)28/h1-12H,13H2,(H,23,25)/b18-11+. The Labute approximate surface area is 174 Å². The molecule has 152 valence electrons. The third-order valence-corrected chi connectivity index (χ3v) is 4.77. The SMILES string of the molecule is O=C(COC(=O)/C(=C/c1ccc(F)cc1)c1cccs1)Nc1cccc([N+](=O)[O-])c1. The molecule has 3 rings (SSSR count). The second kappa shape index (κ2) is 9.57. The van der Waals surface area contributed by atoms with Gasteiger partial charge in [0.15, 0.2) is 6.61 Å². The Morgan fingerprint density at radius 2 is 1.90 bits per heavy atom. The molecular formula is C21H15FN2O5S. The molecule has 0 aliphatic heterocycles. The lowest BCUT2D eigenvalue weighted by atomic mass is 10.1. The van der Waals surface area contributed by atoms with E-state index in [9.17, 15) is 24.1 Å². The Morgan fingerprint density at radius 1 is 1.13 bits per heavy atom. The maximum absolute atomic E-state index is 13.1. The summed E-state index contributed by atoms with van der Waals surface area (Å²) in [6.45, 7) is -0.576. The molecule has 1 aromatic heterocycles. The number of esters is 1. The number of nitro groups is 1. The lowest BCUT2D eigenvalue weighted by Crippen LogP contribution is -2.21. The number of hydrogen-bond donors (Lipinski definition) is 1. The van der Waals surface area contributed by atoms with Crippen molar-refractivity contribution in [1.29, 1.82) is 0 Å². The summed E-state index contributed by atoms with van der Waals surface area (Å²) in [6.07, 6.45) is 1.55. The highest BCUT2D eigenvalue weighted by atomic mass is 32.1. The fourth-order valence-corrected chi connectivity index (χ4v) is 3.22. The molecule has 9 heteroatoms. The van der Waals surface area contributed by atoms with E-state index in [1.807, 2.05) is 0 Å². The molecule has 0 bridgehead atoms. The molecule has 1 amide bonds. The van der Waals surface area contributed by atoms with E-state index in [2.05, 4.69) is 5.32 Å². The number of non-ortho nitro benzene ring substituents is 1. The van der Waals surface area contributed by atoms with Gasteiger partial charge in [0.1, 0.15) is 5.82 Å². The number of anilines is 1. The van der Waals surface area contributed by atoms with Crippen LogP contribution in [0, 0.1) is 15.9 Å². The van der Waals surface area contributed by atoms with Gasteiger partial charge in [-0.2, -0.15) is 0 Å². The summed E-state index contributed by atoms with van der Waals surface area (Å²) in [5.41, 5.74) is 0.857. The van der Waals surface area contributed by atoms with Gasteiger partial charge in [0.2, 0.25) is 0 Å². The first-order valence-electron chi connectivity index (χ1n) is 8.65. The Kier molecular flexibility index (Phi) is 6.66. The molecule has 0 saturated carbocycles. The number of nitrogens with zero attached hydrogens (tertiary/aromatic N) is 1. The molecule has 0 saturated heterocycles. The second-order valence-corrected chi connectivity index (χ2v) is 6.97. The number of halogens is 1. The van der Waals surface area contributed by atoms with Crippen molar-refractivity contribution < 1.29 is 23.6 Å². The van der Waals surface area contributed by atoms with Crippen molar-refractivity contribution in [3.63, 3.8) is 0 Å². The van der Waals surface area contributed by atoms with Gasteiger partial charge in [-0.3, -0.25) is 14.9 Å². The van der Waals surface area contributed by atoms with Crippen molar-refractivity contribution in [2.75, 3.05) is 11.9 Å². The molecule has 2 aromatic carbocycles. The number of ether oxygens (including phenoxy) is 1. The minimum Gasteiger partial charge on any atom is -0.452 e. The Hall–Kier alpha value is -3.85. The zero-order valence-electron chi connectivity index (χ0n) is 15.4. The fourth-order valence-electron chi connectivity index (χ4n) is 2.49. The first kappa shape index (κ1) is 20.9. The van der Waals surface area contributed by atoms with Crippen LogP contribution in [0.4, 0.5) is 15.8 Å². The smallest absolute Gasteiger partial charge is 0.340 e. The molecule has 3 aromatic rings. The number of nitro benzene ring substituents is 1. The molecule has 0 aliphatic carbocycles. The van der Waals surface area contributed by atoms with Crippen LogP contribution in [0.5, 0.6) is 0 Å². The fraction of sp³-hybridized carbons (Fsp3) is 0.0476. The third kappa shape index (κ3) is 5.58. The van der Waals surface area contributed by atoms with E-state index in [1.165, 1.54) is 59.9 Å². The minimum atomic E-state index is -0.726. The predicted molar refractivity (Wildman–Crippen MR) is 111 cm³/mol. The molecule has 30 heavy (non-hydrogen) atoms. The van der Waals surface area contributed by atoms with Crippen molar-refractivity contribution in [3.8, 4) is 0 Å². The summed E-state index contributed by atoms with van der Waals surface area (Å²) in [5, 5.41) is 15.0. The first-order chi connectivity index (χ1) is 14.4. The number of carbonyl (C=O) groups is 2. The summed E-state index contributed by atoms with van der Waals surface area (Å²) >= 11 is 1.32. The highest BCUT2D eigenvalue weighted by Crippen LogP contribution is 2.24. The number of hydrogen-bond acceptors (Lipinski definition) is 6. The van der Waals surface area contributed by atoms with Gasteiger partial charge in [0, 0.05) is 22.7 Å². The monoisotopic (exact) mass is 426 g/mol. The summed E-state index contributed by atoms with van der Waals surface area (Å²) in [5.74, 6) is -1.77. The molecule has 0 spiro atoms. The Morgan fingerprint density at radius 3 is 2.57 bits per heavy atom. The zero-order valence-corrected chi connectivity index (χ0v) is 16.2. The van der Waals surface area contributed by atoms with E-state index in [0.29, 0.717) is 10.4 Å². The van der Waals surface area contributed by atoms with E-state index in [4.69, 9.17) is 4.74 Å². The van der Waals surface area contributed by atoms with E-state index in [1.54, 1.807) is 23.6 Å². The van der Waals surface area contributed by atoms with Gasteiger partial charge in [0.25, 0.3) is 11.6 Å². The Balaban J connectivity index is 1.69. The number of benzene rings is 2. The molecule has 0 unspecified atom stereocenters. The van der Waals surface area contributed by atoms with Gasteiger partial charge in [0.05, 0.1) is 10.5 Å². The van der Waals surface area contributed by atoms with Gasteiger partial charge in [-0.15, -0.1) is 11.3 Å². The van der Waals surface area contributed by atoms with Gasteiger partial charge in [-0.1, -0.05) is 24.3 Å². The highest BCUT2D eigenvalue weighted by Gasteiger charge is 2.17. The lowest BCUT2D eigenvalue weighted by Gasteiger charge is -2.08. The summed E-state index contributed by atoms with van der Waals surface area (Å²) in [7, 11) is 0. The molecule has 1 N–H and O–H groups in total. The largest absolute Gasteiger partial charge is 0.452 e. The van der Waals surface area contributed by atoms with E-state index in [0.717, 1.165) is 0 Å². The maximum Gasteiger partial charge on any atom is 0.340 e. The molecular weight excluding hydrogens is 411 g/mol. The average Bonchev–Trinajstić information content (AvgIpc) is 3.26. The van der Waals surface area contributed by atoms with Crippen molar-refractivity contribution in [1.82, 2.24) is 0 Å². The van der Waals surface area contributed by atoms with Crippen LogP contribution in [0.3, 0.4) is 0 Å². The maximum atomic E-state index is 13.1. The quantitative estimate of drug-likeness (QED) is 0.259. The van der Waals surface area contributed by atoms with Crippen molar-refractivity contribution in [3.05, 3.63) is 92.4 Å². The van der Waals surface area contributed by atoms with Crippen LogP contribution in [0.15, 0.2) is 66.0 Å². The van der Waals surface area contributed by atoms with Crippen LogP contribution in [0.2, 0.25) is 0 Å². The zero-order chi connectivity index (χ0) is 21.5. The van der Waals surface area contributed by atoms with Gasteiger partial charge < -0.3 is 10.1 Å². The van der Waals surface area contributed by atoms with Crippen LogP contribution in [0.1, 0.15) is 10.4 Å². The van der Waals surface area contributed by atoms with E-state index < -0.39 is 29.2 Å². The lowest BCUT2D eigenvalue weighted by molar-refractivity contribution is -0.384. The van der Waals surface area contributed by atoms with Gasteiger partial charge in [-0.05, 0) is 41.3 Å². The van der Waals surface area contributed by atoms with E-state index in [-0.39, 0.29) is 16.9 Å². The summed E-state index contributed by atoms with van der Waals surface area (Å²) in [6, 6.07) is 14.5. The summed E-state index contributed by atoms with van der Waals surface area (Å²) < 4.78 is 18.2. The molecule has 0 radical (unpaired) electrons. The van der Waals surface area contributed by atoms with Gasteiger partial charge >= 0.3 is 5.97 Å². The van der Waals surface area contributed by atoms with Crippen LogP contribution < -0.4 is 5.32 Å². The second-order valence-electron chi connectivity index (χ2n) is 6.02. The number of carbonyl (C=O) groups excluding carboxylic acids is 2. The average molecular weight is 426 g/mol. The number of amides is 1. The summed E-state index contributed by atoms with van der Waals surface area (Å²) in [4.78, 5) is 35.5. The number of nitrogens with one attached hydrogen (secondary N) is 1. The van der Waals surface area contributed by atoms with E-state index >= 15 is 0 Å². The van der Waals surface area contributed by atoms with Gasteiger partial charge in [-0.25, -0.2) is 9.18 Å². The van der Waals surface area contributed by atoms with Crippen molar-refractivity contribution in [2.24, 2.45) is 0 Å². The van der Waals surface area contributed by atoms with Crippen LogP contribution in [-0.2, 0) is 14.3 Å². The molecule has 7 nitrogen and oxygen atoms in total. The Bertz CT molecular complexity index is 1090. The molecule has 0 fully saturated rings. The highest BCUT2D eigenvalue weighted by molar-refractivity contribution is 7.11. The van der Waals surface area contributed by atoms with Crippen LogP contribution in [0.25, 0.3) is 11.6 Å². The normalized spacial score (nSPS) is 11.0. The molecule has 0 atom stereocenters. The third-order valence-electron chi connectivity index (χ3n) is 3.86. The number of thiophene rings is 1. The van der Waals surface area contributed by atoms with Crippen molar-refractivity contribution >= 4 is 46.2 Å². The van der Waals surface area contributed by atoms with Crippen molar-refractivity contribution in [2.45, 2.75) is 0 Å².